The molecule has 5 aromatic rings. The number of benzene rings is 2. The lowest BCUT2D eigenvalue weighted by atomic mass is 10.1. The van der Waals surface area contributed by atoms with Crippen molar-refractivity contribution in [1.82, 2.24) is 19.7 Å². The Labute approximate surface area is 166 Å². The molecular weight excluding hydrogens is 366 g/mol. The molecule has 6 rings (SSSR count). The van der Waals surface area contributed by atoms with Gasteiger partial charge in [-0.15, -0.1) is 0 Å². The summed E-state index contributed by atoms with van der Waals surface area (Å²) in [4.78, 5) is 10.1. The number of hydrogen-bond donors (Lipinski definition) is 1. The number of anilines is 1. The minimum absolute atomic E-state index is 0.115. The van der Waals surface area contributed by atoms with Gasteiger partial charge in [0.15, 0.2) is 5.58 Å². The highest BCUT2D eigenvalue weighted by Crippen LogP contribution is 2.31. The van der Waals surface area contributed by atoms with E-state index in [-0.39, 0.29) is 6.17 Å². The number of oxazole rings is 1. The summed E-state index contributed by atoms with van der Waals surface area (Å²) < 4.78 is 13.7. The quantitative estimate of drug-likeness (QED) is 0.504. The molecule has 0 radical (unpaired) electrons. The lowest BCUT2D eigenvalue weighted by Crippen LogP contribution is -2.43. The molecule has 0 bridgehead atoms. The van der Waals surface area contributed by atoms with Crippen molar-refractivity contribution >= 4 is 28.0 Å². The fourth-order valence-electron chi connectivity index (χ4n) is 3.97. The van der Waals surface area contributed by atoms with Crippen LogP contribution in [0.25, 0.3) is 33.1 Å². The van der Waals surface area contributed by atoms with Gasteiger partial charge in [-0.25, -0.2) is 4.68 Å². The Morgan fingerprint density at radius 2 is 1.97 bits per heavy atom. The average Bonchev–Trinajstić information content (AvgIpc) is 3.50. The maximum absolute atomic E-state index is 6.01. The van der Waals surface area contributed by atoms with Crippen LogP contribution < -0.4 is 4.90 Å². The molecule has 7 heteroatoms. The van der Waals surface area contributed by atoms with E-state index >= 15 is 0 Å². The highest BCUT2D eigenvalue weighted by molar-refractivity contribution is 5.95. The summed E-state index contributed by atoms with van der Waals surface area (Å²) in [5, 5.41) is 5.83. The number of fused-ring (bicyclic) bond motifs is 2. The second kappa shape index (κ2) is 6.49. The van der Waals surface area contributed by atoms with E-state index in [9.17, 15) is 0 Å². The molecule has 144 valence electrons. The smallest absolute Gasteiger partial charge is 0.300 e. The van der Waals surface area contributed by atoms with Gasteiger partial charge in [-0.05, 0) is 18.2 Å². The summed E-state index contributed by atoms with van der Waals surface area (Å²) >= 11 is 0. The van der Waals surface area contributed by atoms with Crippen LogP contribution in [0.15, 0.2) is 71.5 Å². The number of H-pyrrole nitrogens is 1. The van der Waals surface area contributed by atoms with Gasteiger partial charge in [0.2, 0.25) is 0 Å². The third-order valence-electron chi connectivity index (χ3n) is 5.44. The lowest BCUT2D eigenvalue weighted by Gasteiger charge is -2.34. The van der Waals surface area contributed by atoms with Crippen LogP contribution in [-0.2, 0) is 4.74 Å². The molecule has 1 aliphatic rings. The Morgan fingerprint density at radius 1 is 1.07 bits per heavy atom. The molecule has 1 saturated heterocycles. The van der Waals surface area contributed by atoms with Crippen molar-refractivity contribution in [3.8, 4) is 11.1 Å². The Morgan fingerprint density at radius 3 is 2.93 bits per heavy atom. The highest BCUT2D eigenvalue weighted by atomic mass is 16.5. The van der Waals surface area contributed by atoms with Gasteiger partial charge >= 0.3 is 0 Å². The average molecular weight is 385 g/mol. The maximum atomic E-state index is 6.01. The Bertz CT molecular complexity index is 1270. The van der Waals surface area contributed by atoms with Crippen LogP contribution in [0.2, 0.25) is 0 Å². The molecule has 2 aromatic carbocycles. The summed E-state index contributed by atoms with van der Waals surface area (Å²) in [5.41, 5.74) is 4.95. The van der Waals surface area contributed by atoms with Crippen molar-refractivity contribution in [2.24, 2.45) is 0 Å². The van der Waals surface area contributed by atoms with Crippen molar-refractivity contribution in [2.75, 3.05) is 24.7 Å². The maximum Gasteiger partial charge on any atom is 0.300 e. The van der Waals surface area contributed by atoms with E-state index in [2.05, 4.69) is 38.3 Å². The largest absolute Gasteiger partial charge is 0.423 e. The van der Waals surface area contributed by atoms with Crippen LogP contribution in [0.3, 0.4) is 0 Å². The van der Waals surface area contributed by atoms with Crippen LogP contribution in [0.4, 0.5) is 6.01 Å². The Hall–Kier alpha value is -3.58. The van der Waals surface area contributed by atoms with Gasteiger partial charge in [0.05, 0.1) is 19.4 Å². The first-order valence-corrected chi connectivity index (χ1v) is 9.67. The van der Waals surface area contributed by atoms with Crippen LogP contribution in [-0.4, -0.2) is 39.5 Å². The number of rotatable bonds is 3. The number of para-hydroxylation sites is 3. The zero-order valence-electron chi connectivity index (χ0n) is 15.7. The normalized spacial score (nSPS) is 17.4. The molecule has 1 fully saturated rings. The van der Waals surface area contributed by atoms with E-state index in [0.29, 0.717) is 25.8 Å². The van der Waals surface area contributed by atoms with Gasteiger partial charge in [0, 0.05) is 41.0 Å². The first-order chi connectivity index (χ1) is 14.4. The molecule has 0 saturated carbocycles. The molecule has 4 heterocycles. The second-order valence-electron chi connectivity index (χ2n) is 7.17. The van der Waals surface area contributed by atoms with Gasteiger partial charge < -0.3 is 14.1 Å². The van der Waals surface area contributed by atoms with Crippen LogP contribution in [0.5, 0.6) is 0 Å². The fraction of sp³-hybridized carbons (Fsp3) is 0.182. The van der Waals surface area contributed by atoms with Crippen LogP contribution in [0.1, 0.15) is 6.17 Å². The summed E-state index contributed by atoms with van der Waals surface area (Å²) in [5.74, 6) is 0. The molecule has 0 aliphatic carbocycles. The molecule has 1 N–H and O–H groups in total. The molecule has 3 aromatic heterocycles. The van der Waals surface area contributed by atoms with Gasteiger partial charge in [0.1, 0.15) is 11.7 Å². The molecule has 1 unspecified atom stereocenters. The third kappa shape index (κ3) is 2.70. The minimum atomic E-state index is -0.115. The van der Waals surface area contributed by atoms with Gasteiger partial charge in [-0.3, -0.25) is 4.90 Å². The van der Waals surface area contributed by atoms with Gasteiger partial charge in [0.25, 0.3) is 6.01 Å². The van der Waals surface area contributed by atoms with E-state index in [1.807, 2.05) is 53.5 Å². The molecule has 0 spiro atoms. The third-order valence-corrected chi connectivity index (χ3v) is 5.44. The second-order valence-corrected chi connectivity index (χ2v) is 7.17. The van der Waals surface area contributed by atoms with Crippen molar-refractivity contribution < 1.29 is 9.15 Å². The topological polar surface area (TPSA) is 72.1 Å². The number of hydrogen-bond acceptors (Lipinski definition) is 5. The van der Waals surface area contributed by atoms with Crippen molar-refractivity contribution in [3.05, 3.63) is 67.1 Å². The van der Waals surface area contributed by atoms with Crippen molar-refractivity contribution in [2.45, 2.75) is 6.17 Å². The summed E-state index contributed by atoms with van der Waals surface area (Å²) in [6.45, 7) is 1.85. The fourth-order valence-corrected chi connectivity index (χ4v) is 3.97. The van der Waals surface area contributed by atoms with E-state index in [4.69, 9.17) is 9.15 Å². The predicted octanol–water partition coefficient (Wildman–Crippen LogP) is 4.21. The zero-order valence-corrected chi connectivity index (χ0v) is 15.7. The molecule has 29 heavy (non-hydrogen) atoms. The van der Waals surface area contributed by atoms with Gasteiger partial charge in [-0.1, -0.05) is 30.3 Å². The molecule has 7 nitrogen and oxygen atoms in total. The molecule has 0 amide bonds. The standard InChI is InChI=1S/C22H19N5O2/c1-2-6-18-16(5-1)17(12-23-18)15-11-24-27(13-15)21-14-28-10-9-26(21)22-25-19-7-3-4-8-20(19)29-22/h1-8,11-13,21,23H,9-10,14H2. The van der Waals surface area contributed by atoms with Crippen LogP contribution >= 0.6 is 0 Å². The van der Waals surface area contributed by atoms with Gasteiger partial charge in [-0.2, -0.15) is 10.1 Å². The molecule has 1 aliphatic heterocycles. The predicted molar refractivity (Wildman–Crippen MR) is 111 cm³/mol. The lowest BCUT2D eigenvalue weighted by molar-refractivity contribution is 0.0656. The van der Waals surface area contributed by atoms with E-state index in [0.717, 1.165) is 27.7 Å². The Kier molecular flexibility index (Phi) is 3.67. The summed E-state index contributed by atoms with van der Waals surface area (Å²) in [6, 6.07) is 16.7. The van der Waals surface area contributed by atoms with Crippen molar-refractivity contribution in [1.29, 1.82) is 0 Å². The van der Waals surface area contributed by atoms with Crippen LogP contribution in [0, 0.1) is 0 Å². The number of nitrogens with one attached hydrogen (secondary N) is 1. The summed E-state index contributed by atoms with van der Waals surface area (Å²) in [7, 11) is 0. The SMILES string of the molecule is c1ccc2oc(N3CCOCC3n3cc(-c4c[nH]c5ccccc45)cn3)nc2c1. The first kappa shape index (κ1) is 16.4. The van der Waals surface area contributed by atoms with E-state index < -0.39 is 0 Å². The summed E-state index contributed by atoms with van der Waals surface area (Å²) in [6.07, 6.45) is 5.87. The van der Waals surface area contributed by atoms with Crippen molar-refractivity contribution in [3.63, 3.8) is 0 Å². The highest BCUT2D eigenvalue weighted by Gasteiger charge is 2.29. The number of aromatic nitrogens is 4. The molecule has 1 atom stereocenters. The first-order valence-electron chi connectivity index (χ1n) is 9.67. The monoisotopic (exact) mass is 385 g/mol. The zero-order chi connectivity index (χ0) is 19.2. The number of aromatic amines is 1. The number of ether oxygens (including phenoxy) is 1. The number of nitrogens with zero attached hydrogens (tertiary/aromatic N) is 4. The minimum Gasteiger partial charge on any atom is -0.423 e. The Balaban J connectivity index is 1.37. The number of morpholine rings is 1. The molecular formula is C22H19N5O2. The van der Waals surface area contributed by atoms with E-state index in [1.54, 1.807) is 0 Å². The van der Waals surface area contributed by atoms with E-state index in [1.165, 1.54) is 5.39 Å².